The fourth-order valence-corrected chi connectivity index (χ4v) is 3.32. The maximum Gasteiger partial charge on any atom is 0.251 e. The van der Waals surface area contributed by atoms with Gasteiger partial charge in [0.05, 0.1) is 5.39 Å². The van der Waals surface area contributed by atoms with E-state index in [0.717, 1.165) is 5.69 Å². The van der Waals surface area contributed by atoms with Gasteiger partial charge in [-0.05, 0) is 54.6 Å². The third kappa shape index (κ3) is 3.98. The quantitative estimate of drug-likeness (QED) is 0.423. The summed E-state index contributed by atoms with van der Waals surface area (Å²) in [6.07, 6.45) is 3.82. The molecule has 5 aromatic rings. The van der Waals surface area contributed by atoms with Crippen molar-refractivity contribution in [2.75, 3.05) is 6.54 Å². The Hall–Kier alpha value is -4.33. The van der Waals surface area contributed by atoms with E-state index in [2.05, 4.69) is 20.4 Å². The molecule has 1 amide bonds. The van der Waals surface area contributed by atoms with Gasteiger partial charge in [0.25, 0.3) is 5.91 Å². The molecule has 158 valence electrons. The van der Waals surface area contributed by atoms with Gasteiger partial charge in [-0.2, -0.15) is 0 Å². The van der Waals surface area contributed by atoms with Crippen LogP contribution in [-0.4, -0.2) is 27.6 Å². The van der Waals surface area contributed by atoms with Crippen molar-refractivity contribution in [1.29, 1.82) is 0 Å². The molecule has 0 spiro atoms. The topological polar surface area (TPSA) is 94.1 Å². The molecule has 0 aliphatic carbocycles. The molecule has 0 aliphatic rings. The first kappa shape index (κ1) is 19.6. The van der Waals surface area contributed by atoms with Crippen LogP contribution in [0.4, 0.5) is 4.39 Å². The van der Waals surface area contributed by atoms with Gasteiger partial charge in [-0.1, -0.05) is 11.2 Å². The van der Waals surface area contributed by atoms with Crippen LogP contribution in [0.15, 0.2) is 82.1 Å². The van der Waals surface area contributed by atoms with Crippen LogP contribution in [0.1, 0.15) is 16.1 Å². The third-order valence-corrected chi connectivity index (χ3v) is 4.96. The number of rotatable bonds is 6. The molecule has 0 aliphatic heterocycles. The highest BCUT2D eigenvalue weighted by Crippen LogP contribution is 2.30. The molecular formula is C24H17FN4O3. The first-order valence-corrected chi connectivity index (χ1v) is 9.97. The summed E-state index contributed by atoms with van der Waals surface area (Å²) >= 11 is 0. The minimum Gasteiger partial charge on any atom is -0.444 e. The molecule has 0 fully saturated rings. The van der Waals surface area contributed by atoms with E-state index in [4.69, 9.17) is 8.94 Å². The second kappa shape index (κ2) is 8.43. The number of oxazole rings is 1. The predicted octanol–water partition coefficient (Wildman–Crippen LogP) is 4.66. The molecule has 3 heterocycles. The van der Waals surface area contributed by atoms with Gasteiger partial charge in [-0.15, -0.1) is 0 Å². The number of benzene rings is 2. The Morgan fingerprint density at radius 2 is 1.94 bits per heavy atom. The molecular weight excluding hydrogens is 411 g/mol. The highest BCUT2D eigenvalue weighted by Gasteiger charge is 2.17. The van der Waals surface area contributed by atoms with Crippen LogP contribution in [0.3, 0.4) is 0 Å². The number of nitrogens with one attached hydrogen (secondary N) is 1. The van der Waals surface area contributed by atoms with E-state index in [1.54, 1.807) is 36.5 Å². The molecule has 32 heavy (non-hydrogen) atoms. The Labute approximate surface area is 181 Å². The van der Waals surface area contributed by atoms with Crippen molar-refractivity contribution < 1.29 is 18.1 Å². The number of fused-ring (bicyclic) bond motifs is 1. The van der Waals surface area contributed by atoms with E-state index in [0.29, 0.717) is 52.3 Å². The van der Waals surface area contributed by atoms with Gasteiger partial charge in [0.1, 0.15) is 23.5 Å². The van der Waals surface area contributed by atoms with Crippen molar-refractivity contribution in [3.63, 3.8) is 0 Å². The number of aromatic nitrogens is 3. The fraction of sp³-hybridized carbons (Fsp3) is 0.0833. The first-order valence-electron chi connectivity index (χ1n) is 9.97. The highest BCUT2D eigenvalue weighted by atomic mass is 19.1. The number of carbonyl (C=O) groups excluding carboxylic acids is 1. The van der Waals surface area contributed by atoms with Crippen molar-refractivity contribution in [2.24, 2.45) is 0 Å². The van der Waals surface area contributed by atoms with Crippen LogP contribution in [0, 0.1) is 5.82 Å². The van der Waals surface area contributed by atoms with E-state index < -0.39 is 0 Å². The second-order valence-electron chi connectivity index (χ2n) is 7.11. The van der Waals surface area contributed by atoms with Gasteiger partial charge in [0, 0.05) is 36.0 Å². The standard InChI is InChI=1S/C24H17FN4O3/c25-17-7-4-15(5-8-17)24-28-20(14-31-24)22-19-13-16(6-9-21(19)32-29-22)23(30)27-12-10-18-3-1-2-11-26-18/h1-9,11,13-14H,10,12H2,(H,27,30). The number of pyridine rings is 1. The molecule has 0 atom stereocenters. The van der Waals surface area contributed by atoms with Crippen molar-refractivity contribution in [2.45, 2.75) is 6.42 Å². The zero-order valence-corrected chi connectivity index (χ0v) is 16.8. The minimum atomic E-state index is -0.339. The molecule has 3 aromatic heterocycles. The highest BCUT2D eigenvalue weighted by molar-refractivity contribution is 6.00. The molecule has 5 rings (SSSR count). The number of hydrogen-bond donors (Lipinski definition) is 1. The summed E-state index contributed by atoms with van der Waals surface area (Å²) in [5.74, 6) is -0.212. The monoisotopic (exact) mass is 428 g/mol. The predicted molar refractivity (Wildman–Crippen MR) is 115 cm³/mol. The van der Waals surface area contributed by atoms with E-state index in [-0.39, 0.29) is 11.7 Å². The number of hydrogen-bond acceptors (Lipinski definition) is 6. The Morgan fingerprint density at radius 1 is 1.06 bits per heavy atom. The number of carbonyl (C=O) groups is 1. The van der Waals surface area contributed by atoms with E-state index in [1.165, 1.54) is 18.4 Å². The van der Waals surface area contributed by atoms with Gasteiger partial charge in [0.15, 0.2) is 5.58 Å². The maximum atomic E-state index is 13.2. The molecule has 0 saturated carbocycles. The van der Waals surface area contributed by atoms with Crippen LogP contribution in [0.5, 0.6) is 0 Å². The largest absolute Gasteiger partial charge is 0.444 e. The minimum absolute atomic E-state index is 0.206. The number of nitrogens with zero attached hydrogens (tertiary/aromatic N) is 3. The molecule has 2 aromatic carbocycles. The second-order valence-corrected chi connectivity index (χ2v) is 7.11. The summed E-state index contributed by atoms with van der Waals surface area (Å²) in [5, 5.41) is 7.63. The molecule has 0 radical (unpaired) electrons. The smallest absolute Gasteiger partial charge is 0.251 e. The molecule has 8 heteroatoms. The van der Waals surface area contributed by atoms with Gasteiger partial charge in [-0.3, -0.25) is 9.78 Å². The van der Waals surface area contributed by atoms with Crippen LogP contribution < -0.4 is 5.32 Å². The van der Waals surface area contributed by atoms with Gasteiger partial charge < -0.3 is 14.3 Å². The Kier molecular flexibility index (Phi) is 5.17. The lowest BCUT2D eigenvalue weighted by Crippen LogP contribution is -2.25. The van der Waals surface area contributed by atoms with Crippen molar-refractivity contribution in [3.05, 3.63) is 90.2 Å². The lowest BCUT2D eigenvalue weighted by Gasteiger charge is -2.05. The van der Waals surface area contributed by atoms with Crippen molar-refractivity contribution >= 4 is 16.9 Å². The SMILES string of the molecule is O=C(NCCc1ccccn1)c1ccc2onc(-c3coc(-c4ccc(F)cc4)n3)c2c1. The molecule has 0 unspecified atom stereocenters. The Balaban J connectivity index is 1.36. The lowest BCUT2D eigenvalue weighted by molar-refractivity contribution is 0.0954. The average molecular weight is 428 g/mol. The fourth-order valence-electron chi connectivity index (χ4n) is 3.32. The third-order valence-electron chi connectivity index (χ3n) is 4.96. The summed E-state index contributed by atoms with van der Waals surface area (Å²) in [4.78, 5) is 21.3. The van der Waals surface area contributed by atoms with E-state index >= 15 is 0 Å². The maximum absolute atomic E-state index is 13.2. The van der Waals surface area contributed by atoms with E-state index in [1.807, 2.05) is 18.2 Å². The summed E-state index contributed by atoms with van der Waals surface area (Å²) in [6, 6.07) is 16.6. The Bertz CT molecular complexity index is 1380. The number of amides is 1. The molecule has 7 nitrogen and oxygen atoms in total. The molecule has 0 saturated heterocycles. The lowest BCUT2D eigenvalue weighted by atomic mass is 10.1. The van der Waals surface area contributed by atoms with Gasteiger partial charge in [0.2, 0.25) is 5.89 Å². The van der Waals surface area contributed by atoms with Crippen molar-refractivity contribution in [3.8, 4) is 22.8 Å². The summed E-state index contributed by atoms with van der Waals surface area (Å²) < 4.78 is 24.1. The number of halogens is 1. The zero-order chi connectivity index (χ0) is 21.9. The van der Waals surface area contributed by atoms with Gasteiger partial charge >= 0.3 is 0 Å². The summed E-state index contributed by atoms with van der Waals surface area (Å²) in [6.45, 7) is 0.467. The summed E-state index contributed by atoms with van der Waals surface area (Å²) in [7, 11) is 0. The van der Waals surface area contributed by atoms with Crippen LogP contribution in [0.25, 0.3) is 33.8 Å². The molecule has 0 bridgehead atoms. The van der Waals surface area contributed by atoms with Crippen LogP contribution >= 0.6 is 0 Å². The van der Waals surface area contributed by atoms with Crippen LogP contribution in [-0.2, 0) is 6.42 Å². The Morgan fingerprint density at radius 3 is 2.75 bits per heavy atom. The average Bonchev–Trinajstić information content (AvgIpc) is 3.47. The first-order chi connectivity index (χ1) is 15.7. The summed E-state index contributed by atoms with van der Waals surface area (Å²) in [5.41, 5.74) is 3.46. The zero-order valence-electron chi connectivity index (χ0n) is 16.8. The normalized spacial score (nSPS) is 11.0. The van der Waals surface area contributed by atoms with E-state index in [9.17, 15) is 9.18 Å². The molecule has 1 N–H and O–H groups in total. The van der Waals surface area contributed by atoms with Crippen LogP contribution in [0.2, 0.25) is 0 Å². The van der Waals surface area contributed by atoms with Gasteiger partial charge in [-0.25, -0.2) is 9.37 Å². The van der Waals surface area contributed by atoms with Crippen molar-refractivity contribution in [1.82, 2.24) is 20.4 Å².